The molecule has 2 unspecified atom stereocenters. The Balaban J connectivity index is 2.29. The standard InChI is InChI=1S/C11H18N2OS/c1-10(8-12)9-15(14)7-4-11-2-5-13-6-3-11/h2-3,5-6,10H,4,7-9,12H2,1H3. The lowest BCUT2D eigenvalue weighted by Crippen LogP contribution is -2.19. The maximum Gasteiger partial charge on any atom is 0.0275 e. The second kappa shape index (κ2) is 6.69. The number of nitrogens with zero attached hydrogens (tertiary/aromatic N) is 1. The van der Waals surface area contributed by atoms with Crippen LogP contribution < -0.4 is 5.73 Å². The van der Waals surface area contributed by atoms with Gasteiger partial charge in [0.05, 0.1) is 0 Å². The molecule has 0 aliphatic rings. The Labute approximate surface area is 93.6 Å². The molecule has 1 aromatic heterocycles. The van der Waals surface area contributed by atoms with Crippen LogP contribution in [0.4, 0.5) is 0 Å². The molecule has 15 heavy (non-hydrogen) atoms. The molecule has 2 N–H and O–H groups in total. The molecule has 1 aromatic rings. The third-order valence-corrected chi connectivity index (χ3v) is 3.84. The monoisotopic (exact) mass is 226 g/mol. The number of hydrogen-bond acceptors (Lipinski definition) is 3. The van der Waals surface area contributed by atoms with Gasteiger partial charge in [0, 0.05) is 34.7 Å². The Hall–Kier alpha value is -0.740. The van der Waals surface area contributed by atoms with Gasteiger partial charge in [0.15, 0.2) is 0 Å². The van der Waals surface area contributed by atoms with Gasteiger partial charge in [-0.2, -0.15) is 0 Å². The maximum atomic E-state index is 11.6. The number of aryl methyl sites for hydroxylation is 1. The van der Waals surface area contributed by atoms with Crippen LogP contribution in [0.15, 0.2) is 24.5 Å². The Morgan fingerprint density at radius 1 is 1.47 bits per heavy atom. The first-order valence-electron chi connectivity index (χ1n) is 5.16. The first kappa shape index (κ1) is 12.3. The van der Waals surface area contributed by atoms with Gasteiger partial charge in [0.2, 0.25) is 0 Å². The maximum absolute atomic E-state index is 11.6. The zero-order chi connectivity index (χ0) is 11.1. The van der Waals surface area contributed by atoms with Crippen LogP contribution in [0.1, 0.15) is 12.5 Å². The normalized spacial score (nSPS) is 14.8. The Bertz CT molecular complexity index is 303. The summed E-state index contributed by atoms with van der Waals surface area (Å²) in [7, 11) is -0.751. The van der Waals surface area contributed by atoms with Crippen molar-refractivity contribution in [3.05, 3.63) is 30.1 Å². The van der Waals surface area contributed by atoms with Crippen LogP contribution in [-0.4, -0.2) is 27.2 Å². The number of rotatable bonds is 6. The van der Waals surface area contributed by atoms with E-state index in [4.69, 9.17) is 5.73 Å². The molecule has 2 atom stereocenters. The van der Waals surface area contributed by atoms with Crippen LogP contribution >= 0.6 is 0 Å². The summed E-state index contributed by atoms with van der Waals surface area (Å²) < 4.78 is 11.6. The van der Waals surface area contributed by atoms with Gasteiger partial charge in [-0.25, -0.2) is 0 Å². The number of nitrogens with two attached hydrogens (primary N) is 1. The van der Waals surface area contributed by atoms with Crippen LogP contribution in [0.5, 0.6) is 0 Å². The third kappa shape index (κ3) is 5.04. The highest BCUT2D eigenvalue weighted by atomic mass is 32.2. The first-order chi connectivity index (χ1) is 7.22. The summed E-state index contributed by atoms with van der Waals surface area (Å²) in [5.41, 5.74) is 6.68. The molecule has 0 saturated carbocycles. The van der Waals surface area contributed by atoms with Crippen molar-refractivity contribution in [3.8, 4) is 0 Å². The van der Waals surface area contributed by atoms with E-state index in [-0.39, 0.29) is 0 Å². The van der Waals surface area contributed by atoms with Gasteiger partial charge >= 0.3 is 0 Å². The van der Waals surface area contributed by atoms with Crippen LogP contribution in [0.2, 0.25) is 0 Å². The summed E-state index contributed by atoms with van der Waals surface area (Å²) in [5.74, 6) is 1.78. The molecule has 0 aliphatic carbocycles. The predicted octanol–water partition coefficient (Wildman–Crippen LogP) is 0.968. The zero-order valence-electron chi connectivity index (χ0n) is 9.06. The molecule has 0 amide bonds. The van der Waals surface area contributed by atoms with E-state index in [9.17, 15) is 4.21 Å². The molecule has 0 aromatic carbocycles. The fraction of sp³-hybridized carbons (Fsp3) is 0.545. The second-order valence-electron chi connectivity index (χ2n) is 3.76. The molecule has 3 nitrogen and oxygen atoms in total. The minimum Gasteiger partial charge on any atom is -0.330 e. The van der Waals surface area contributed by atoms with Crippen LogP contribution in [0, 0.1) is 5.92 Å². The minimum absolute atomic E-state index is 0.350. The summed E-state index contributed by atoms with van der Waals surface area (Å²) in [4.78, 5) is 3.94. The van der Waals surface area contributed by atoms with Gasteiger partial charge in [0.1, 0.15) is 0 Å². The molecule has 0 fully saturated rings. The number of pyridine rings is 1. The summed E-state index contributed by atoms with van der Waals surface area (Å²) in [6.45, 7) is 2.64. The van der Waals surface area contributed by atoms with E-state index in [0.29, 0.717) is 24.0 Å². The molecule has 0 saturated heterocycles. The molecule has 4 heteroatoms. The third-order valence-electron chi connectivity index (χ3n) is 2.24. The van der Waals surface area contributed by atoms with Gasteiger partial charge in [-0.1, -0.05) is 6.92 Å². The fourth-order valence-electron chi connectivity index (χ4n) is 1.25. The lowest BCUT2D eigenvalue weighted by Gasteiger charge is -2.07. The smallest absolute Gasteiger partial charge is 0.0275 e. The van der Waals surface area contributed by atoms with Crippen molar-refractivity contribution in [3.63, 3.8) is 0 Å². The Kier molecular flexibility index (Phi) is 5.50. The fourth-order valence-corrected chi connectivity index (χ4v) is 2.65. The first-order valence-corrected chi connectivity index (χ1v) is 6.65. The van der Waals surface area contributed by atoms with E-state index in [0.717, 1.165) is 6.42 Å². The van der Waals surface area contributed by atoms with E-state index >= 15 is 0 Å². The van der Waals surface area contributed by atoms with Crippen molar-refractivity contribution in [2.45, 2.75) is 13.3 Å². The average molecular weight is 226 g/mol. The number of aromatic nitrogens is 1. The van der Waals surface area contributed by atoms with Crippen molar-refractivity contribution in [2.24, 2.45) is 11.7 Å². The highest BCUT2D eigenvalue weighted by Gasteiger charge is 2.05. The van der Waals surface area contributed by atoms with Crippen LogP contribution in [0.3, 0.4) is 0 Å². The Morgan fingerprint density at radius 3 is 2.73 bits per heavy atom. The van der Waals surface area contributed by atoms with Gasteiger partial charge in [-0.3, -0.25) is 9.19 Å². The lowest BCUT2D eigenvalue weighted by molar-refractivity contribution is 0.640. The SMILES string of the molecule is CC(CN)CS(=O)CCc1ccncc1. The molecule has 0 aliphatic heterocycles. The average Bonchev–Trinajstić information content (AvgIpc) is 2.27. The summed E-state index contributed by atoms with van der Waals surface area (Å²) in [5, 5.41) is 0. The van der Waals surface area contributed by atoms with E-state index in [1.54, 1.807) is 12.4 Å². The molecule has 84 valence electrons. The largest absolute Gasteiger partial charge is 0.330 e. The van der Waals surface area contributed by atoms with Crippen LogP contribution in [0.25, 0.3) is 0 Å². The minimum atomic E-state index is -0.751. The van der Waals surface area contributed by atoms with Gasteiger partial charge in [0.25, 0.3) is 0 Å². The van der Waals surface area contributed by atoms with Crippen LogP contribution in [-0.2, 0) is 17.2 Å². The second-order valence-corrected chi connectivity index (χ2v) is 5.38. The van der Waals surface area contributed by atoms with Gasteiger partial charge < -0.3 is 5.73 Å². The van der Waals surface area contributed by atoms with E-state index < -0.39 is 10.8 Å². The highest BCUT2D eigenvalue weighted by molar-refractivity contribution is 7.84. The molecule has 0 radical (unpaired) electrons. The topological polar surface area (TPSA) is 56.0 Å². The summed E-state index contributed by atoms with van der Waals surface area (Å²) >= 11 is 0. The molecular weight excluding hydrogens is 208 g/mol. The van der Waals surface area contributed by atoms with E-state index in [1.165, 1.54) is 5.56 Å². The van der Waals surface area contributed by atoms with E-state index in [2.05, 4.69) is 4.98 Å². The van der Waals surface area contributed by atoms with Crippen molar-refractivity contribution >= 4 is 10.8 Å². The Morgan fingerprint density at radius 2 is 2.13 bits per heavy atom. The highest BCUT2D eigenvalue weighted by Crippen LogP contribution is 2.01. The van der Waals surface area contributed by atoms with Crippen molar-refractivity contribution in [2.75, 3.05) is 18.1 Å². The molecular formula is C11H18N2OS. The quantitative estimate of drug-likeness (QED) is 0.786. The van der Waals surface area contributed by atoms with Crippen molar-refractivity contribution < 1.29 is 4.21 Å². The van der Waals surface area contributed by atoms with Crippen molar-refractivity contribution in [1.82, 2.24) is 4.98 Å². The van der Waals surface area contributed by atoms with Crippen molar-refractivity contribution in [1.29, 1.82) is 0 Å². The molecule has 0 bridgehead atoms. The summed E-state index contributed by atoms with van der Waals surface area (Å²) in [6.07, 6.45) is 4.38. The molecule has 1 heterocycles. The number of hydrogen-bond donors (Lipinski definition) is 1. The predicted molar refractivity (Wildman–Crippen MR) is 64.0 cm³/mol. The van der Waals surface area contributed by atoms with Gasteiger partial charge in [-0.05, 0) is 36.6 Å². The van der Waals surface area contributed by atoms with Gasteiger partial charge in [-0.15, -0.1) is 0 Å². The molecule has 1 rings (SSSR count). The lowest BCUT2D eigenvalue weighted by atomic mass is 10.2. The zero-order valence-corrected chi connectivity index (χ0v) is 9.87. The molecule has 0 spiro atoms. The summed E-state index contributed by atoms with van der Waals surface area (Å²) in [6, 6.07) is 3.92. The van der Waals surface area contributed by atoms with E-state index in [1.807, 2.05) is 19.1 Å².